The lowest BCUT2D eigenvalue weighted by molar-refractivity contribution is -0.142. The number of imidazole rings is 1. The van der Waals surface area contributed by atoms with Crippen LogP contribution in [0.1, 0.15) is 12.6 Å². The number of fused-ring (bicyclic) bond motifs is 1. The number of hydrogen-bond donors (Lipinski definition) is 1. The van der Waals surface area contributed by atoms with Crippen LogP contribution in [0.4, 0.5) is 5.13 Å². The molecule has 0 bridgehead atoms. The van der Waals surface area contributed by atoms with E-state index < -0.39 is 0 Å². The van der Waals surface area contributed by atoms with E-state index in [1.54, 1.807) is 29.0 Å². The average Bonchev–Trinajstić information content (AvgIpc) is 3.34. The number of carbonyl (C=O) groups excluding carboxylic acids is 2. The lowest BCUT2D eigenvalue weighted by Gasteiger charge is -2.11. The van der Waals surface area contributed by atoms with Gasteiger partial charge in [0.05, 0.1) is 39.8 Å². The van der Waals surface area contributed by atoms with E-state index in [1.165, 1.54) is 11.3 Å². The zero-order valence-electron chi connectivity index (χ0n) is 17.0. The Hall–Kier alpha value is -2.94. The van der Waals surface area contributed by atoms with Gasteiger partial charge in [-0.15, -0.1) is 11.3 Å². The second-order valence-corrected chi connectivity index (χ2v) is 8.43. The van der Waals surface area contributed by atoms with Crippen LogP contribution in [0, 0.1) is 0 Å². The van der Waals surface area contributed by atoms with Crippen molar-refractivity contribution in [1.29, 1.82) is 0 Å². The summed E-state index contributed by atoms with van der Waals surface area (Å²) in [6.45, 7) is 2.05. The molecule has 0 fully saturated rings. The Kier molecular flexibility index (Phi) is 6.74. The highest BCUT2D eigenvalue weighted by atomic mass is 35.5. The van der Waals surface area contributed by atoms with Crippen molar-refractivity contribution in [2.45, 2.75) is 19.9 Å². The van der Waals surface area contributed by atoms with Gasteiger partial charge in [0.1, 0.15) is 12.4 Å². The zero-order valence-corrected chi connectivity index (χ0v) is 19.3. The number of nitrogens with one attached hydrogen (secondary N) is 1. The van der Waals surface area contributed by atoms with Crippen LogP contribution < -0.4 is 5.32 Å². The van der Waals surface area contributed by atoms with Gasteiger partial charge in [-0.2, -0.15) is 0 Å². The van der Waals surface area contributed by atoms with Gasteiger partial charge in [-0.25, -0.2) is 9.97 Å². The quantitative estimate of drug-likeness (QED) is 0.360. The molecule has 2 aromatic carbocycles. The number of ether oxygens (including phenoxy) is 1. The summed E-state index contributed by atoms with van der Waals surface area (Å²) >= 11 is 13.9. The number of esters is 1. The first kappa shape index (κ1) is 22.3. The molecule has 1 amide bonds. The van der Waals surface area contributed by atoms with Crippen LogP contribution in [0.3, 0.4) is 0 Å². The maximum atomic E-state index is 12.8. The Balaban J connectivity index is 1.59. The van der Waals surface area contributed by atoms with Gasteiger partial charge in [0, 0.05) is 10.9 Å². The van der Waals surface area contributed by atoms with Crippen LogP contribution in [0.5, 0.6) is 0 Å². The standard InChI is InChI=1S/C22H18Cl2N4O3S/c1-2-31-19(30)10-13-12-32-22(25-13)27-18(29)11-28-17-9-4-3-8-16(17)26-21(28)14-6-5-7-15(23)20(14)24/h3-9,12H,2,10-11H2,1H3,(H,25,27,29). The van der Waals surface area contributed by atoms with Crippen LogP contribution >= 0.6 is 34.5 Å². The molecule has 10 heteroatoms. The van der Waals surface area contributed by atoms with Crippen LogP contribution in [-0.2, 0) is 27.3 Å². The summed E-state index contributed by atoms with van der Waals surface area (Å²) in [7, 11) is 0. The number of carbonyl (C=O) groups is 2. The van der Waals surface area contributed by atoms with Crippen molar-refractivity contribution in [1.82, 2.24) is 14.5 Å². The van der Waals surface area contributed by atoms with E-state index >= 15 is 0 Å². The Morgan fingerprint density at radius 3 is 2.75 bits per heavy atom. The predicted molar refractivity (Wildman–Crippen MR) is 126 cm³/mol. The molecule has 2 aromatic heterocycles. The Labute approximate surface area is 198 Å². The van der Waals surface area contributed by atoms with Crippen molar-refractivity contribution in [3.63, 3.8) is 0 Å². The van der Waals surface area contributed by atoms with Gasteiger partial charge in [-0.3, -0.25) is 9.59 Å². The molecule has 2 heterocycles. The zero-order chi connectivity index (χ0) is 22.7. The molecule has 0 unspecified atom stereocenters. The van der Waals surface area contributed by atoms with Crippen molar-refractivity contribution < 1.29 is 14.3 Å². The molecule has 4 rings (SSSR count). The molecule has 0 saturated heterocycles. The minimum atomic E-state index is -0.358. The number of benzene rings is 2. The van der Waals surface area contributed by atoms with E-state index in [2.05, 4.69) is 15.3 Å². The number of aromatic nitrogens is 3. The van der Waals surface area contributed by atoms with Crippen LogP contribution in [0.2, 0.25) is 10.0 Å². The summed E-state index contributed by atoms with van der Waals surface area (Å²) in [5.41, 5.74) is 2.70. The van der Waals surface area contributed by atoms with Gasteiger partial charge in [-0.1, -0.05) is 41.4 Å². The minimum Gasteiger partial charge on any atom is -0.466 e. The van der Waals surface area contributed by atoms with Gasteiger partial charge in [0.15, 0.2) is 5.13 Å². The SMILES string of the molecule is CCOC(=O)Cc1csc(NC(=O)Cn2c(-c3cccc(Cl)c3Cl)nc3ccccc32)n1. The molecule has 1 N–H and O–H groups in total. The lowest BCUT2D eigenvalue weighted by atomic mass is 10.2. The largest absolute Gasteiger partial charge is 0.466 e. The van der Waals surface area contributed by atoms with Crippen molar-refractivity contribution in [2.75, 3.05) is 11.9 Å². The summed E-state index contributed by atoms with van der Waals surface area (Å²) in [6.07, 6.45) is 0.0593. The molecule has 0 aliphatic heterocycles. The smallest absolute Gasteiger partial charge is 0.311 e. The fourth-order valence-corrected chi connectivity index (χ4v) is 4.34. The van der Waals surface area contributed by atoms with Gasteiger partial charge < -0.3 is 14.6 Å². The number of thiazole rings is 1. The van der Waals surface area contributed by atoms with E-state index in [0.717, 1.165) is 11.0 Å². The monoisotopic (exact) mass is 488 g/mol. The summed E-state index contributed by atoms with van der Waals surface area (Å²) in [5, 5.41) is 5.68. The summed E-state index contributed by atoms with van der Waals surface area (Å²) in [6, 6.07) is 12.8. The topological polar surface area (TPSA) is 86.1 Å². The summed E-state index contributed by atoms with van der Waals surface area (Å²) < 4.78 is 6.72. The van der Waals surface area contributed by atoms with E-state index in [4.69, 9.17) is 27.9 Å². The predicted octanol–water partition coefficient (Wildman–Crippen LogP) is 5.21. The fourth-order valence-electron chi connectivity index (χ4n) is 3.23. The van der Waals surface area contributed by atoms with Crippen molar-refractivity contribution in [3.8, 4) is 11.4 Å². The summed E-state index contributed by atoms with van der Waals surface area (Å²) in [4.78, 5) is 33.4. The van der Waals surface area contributed by atoms with Crippen molar-refractivity contribution >= 4 is 62.6 Å². The third kappa shape index (κ3) is 4.77. The Morgan fingerprint density at radius 2 is 1.94 bits per heavy atom. The number of hydrogen-bond acceptors (Lipinski definition) is 6. The van der Waals surface area contributed by atoms with Gasteiger partial charge in [0.2, 0.25) is 5.91 Å². The van der Waals surface area contributed by atoms with E-state index in [1.807, 2.05) is 30.3 Å². The number of anilines is 1. The van der Waals surface area contributed by atoms with Crippen molar-refractivity contribution in [2.24, 2.45) is 0 Å². The molecule has 4 aromatic rings. The first-order valence-corrected chi connectivity index (χ1v) is 11.4. The number of rotatable bonds is 7. The summed E-state index contributed by atoms with van der Waals surface area (Å²) in [5.74, 6) is -0.107. The third-order valence-corrected chi connectivity index (χ3v) is 6.20. The van der Waals surface area contributed by atoms with Gasteiger partial charge >= 0.3 is 5.97 Å². The minimum absolute atomic E-state index is 0.00845. The molecular formula is C22H18Cl2N4O3S. The molecule has 32 heavy (non-hydrogen) atoms. The second kappa shape index (κ2) is 9.68. The average molecular weight is 489 g/mol. The number of nitrogens with zero attached hydrogens (tertiary/aromatic N) is 3. The van der Waals surface area contributed by atoms with Crippen LogP contribution in [-0.4, -0.2) is 33.0 Å². The molecule has 0 aliphatic carbocycles. The van der Waals surface area contributed by atoms with Crippen LogP contribution in [0.25, 0.3) is 22.4 Å². The number of amides is 1. The first-order chi connectivity index (χ1) is 15.5. The first-order valence-electron chi connectivity index (χ1n) is 9.75. The van der Waals surface area contributed by atoms with E-state index in [9.17, 15) is 9.59 Å². The highest BCUT2D eigenvalue weighted by Crippen LogP contribution is 2.34. The van der Waals surface area contributed by atoms with Gasteiger partial charge in [-0.05, 0) is 31.2 Å². The fraction of sp³-hybridized carbons (Fsp3) is 0.182. The molecular weight excluding hydrogens is 471 g/mol. The van der Waals surface area contributed by atoms with Crippen molar-refractivity contribution in [3.05, 3.63) is 63.6 Å². The molecule has 0 spiro atoms. The molecule has 7 nitrogen and oxygen atoms in total. The van der Waals surface area contributed by atoms with E-state index in [-0.39, 0.29) is 24.8 Å². The molecule has 0 aliphatic rings. The third-order valence-electron chi connectivity index (χ3n) is 4.58. The lowest BCUT2D eigenvalue weighted by Crippen LogP contribution is -2.19. The maximum absolute atomic E-state index is 12.8. The second-order valence-electron chi connectivity index (χ2n) is 6.79. The molecule has 0 atom stereocenters. The van der Waals surface area contributed by atoms with Crippen LogP contribution in [0.15, 0.2) is 47.8 Å². The Bertz CT molecular complexity index is 1300. The Morgan fingerprint density at radius 1 is 1.12 bits per heavy atom. The van der Waals surface area contributed by atoms with Gasteiger partial charge in [0.25, 0.3) is 0 Å². The molecule has 0 saturated carbocycles. The number of halogens is 2. The molecule has 0 radical (unpaired) electrons. The maximum Gasteiger partial charge on any atom is 0.311 e. The number of para-hydroxylation sites is 2. The normalized spacial score (nSPS) is 11.0. The highest BCUT2D eigenvalue weighted by Gasteiger charge is 2.19. The highest BCUT2D eigenvalue weighted by molar-refractivity contribution is 7.13. The molecule has 164 valence electrons. The van der Waals surface area contributed by atoms with E-state index in [0.29, 0.717) is 38.9 Å².